The van der Waals surface area contributed by atoms with Crippen molar-refractivity contribution in [2.24, 2.45) is 0 Å². The summed E-state index contributed by atoms with van der Waals surface area (Å²) in [6, 6.07) is 0. The van der Waals surface area contributed by atoms with E-state index in [-0.39, 0.29) is 19.3 Å². The van der Waals surface area contributed by atoms with Crippen LogP contribution in [0.15, 0.2) is 109 Å². The minimum atomic E-state index is -5.18. The number of unbranched alkanes of at least 4 members (excludes halogenated alkanes) is 5. The third-order valence-electron chi connectivity index (χ3n) is 9.78. The Bertz CT molecular complexity index is 1580. The first kappa shape index (κ1) is 59.4. The van der Waals surface area contributed by atoms with Crippen LogP contribution < -0.4 is 0 Å². The van der Waals surface area contributed by atoms with E-state index >= 15 is 0 Å². The molecule has 16 heteroatoms. The fraction of sp³-hybridized carbons (Fsp3) is 0.592. The Morgan fingerprint density at radius 1 is 0.569 bits per heavy atom. The minimum absolute atomic E-state index is 0.0731. The molecule has 0 spiro atoms. The van der Waals surface area contributed by atoms with Gasteiger partial charge in [-0.15, -0.1) is 0 Å². The van der Waals surface area contributed by atoms with Gasteiger partial charge in [0.2, 0.25) is 0 Å². The molecule has 368 valence electrons. The lowest BCUT2D eigenvalue weighted by molar-refractivity contribution is -0.220. The Morgan fingerprint density at radius 2 is 1.06 bits per heavy atom. The van der Waals surface area contributed by atoms with E-state index < -0.39 is 87.9 Å². The second-order valence-electron chi connectivity index (χ2n) is 15.6. The number of aliphatic hydroxyl groups excluding tert-OH is 7. The SMILES string of the molecule is CC/C=C\C[C@H](O)/C=C/C=C\C=C\[C@H](O)C/C=C\C/C=C\CCC(=O)O[C@H](COC(=O)CCCC/C=C\C/C=C\C/C=C\CCCCC)COP(=O)(O)OC1[C@H](O)[C@H](O)C(O)[C@H](O)[C@H]1O. The smallest absolute Gasteiger partial charge is 0.462 e. The van der Waals surface area contributed by atoms with Crippen LogP contribution in [-0.4, -0.2) is 121 Å². The Kier molecular flexibility index (Phi) is 34.3. The van der Waals surface area contributed by atoms with Crippen LogP contribution in [0.1, 0.15) is 117 Å². The highest BCUT2D eigenvalue weighted by molar-refractivity contribution is 7.47. The van der Waals surface area contributed by atoms with Crippen molar-refractivity contribution in [1.82, 2.24) is 0 Å². The molecular weight excluding hydrogens is 859 g/mol. The Hall–Kier alpha value is -3.57. The van der Waals surface area contributed by atoms with Crippen LogP contribution in [0.25, 0.3) is 0 Å². The summed E-state index contributed by atoms with van der Waals surface area (Å²) in [4.78, 5) is 35.7. The van der Waals surface area contributed by atoms with Crippen molar-refractivity contribution >= 4 is 19.8 Å². The normalized spacial score (nSPS) is 23.4. The van der Waals surface area contributed by atoms with Crippen LogP contribution in [0.4, 0.5) is 0 Å². The molecule has 0 heterocycles. The van der Waals surface area contributed by atoms with E-state index in [1.807, 2.05) is 43.4 Å². The van der Waals surface area contributed by atoms with Crippen LogP contribution in [0.5, 0.6) is 0 Å². The average molecular weight is 937 g/mol. The first-order chi connectivity index (χ1) is 31.2. The van der Waals surface area contributed by atoms with Gasteiger partial charge in [0.05, 0.1) is 18.8 Å². The first-order valence-corrected chi connectivity index (χ1v) is 24.4. The summed E-state index contributed by atoms with van der Waals surface area (Å²) in [5, 5.41) is 70.1. The number of carbonyl (C=O) groups is 2. The molecule has 1 aliphatic carbocycles. The monoisotopic (exact) mass is 937 g/mol. The highest BCUT2D eigenvalue weighted by Gasteiger charge is 2.51. The van der Waals surface area contributed by atoms with Gasteiger partial charge in [-0.2, -0.15) is 0 Å². The Morgan fingerprint density at radius 3 is 1.62 bits per heavy atom. The number of hydrogen-bond donors (Lipinski definition) is 8. The summed E-state index contributed by atoms with van der Waals surface area (Å²) < 4.78 is 33.3. The Balaban J connectivity index is 2.61. The maximum Gasteiger partial charge on any atom is 0.472 e. The lowest BCUT2D eigenvalue weighted by atomic mass is 9.85. The molecule has 1 rings (SSSR count). The van der Waals surface area contributed by atoms with E-state index in [0.717, 1.165) is 38.5 Å². The van der Waals surface area contributed by atoms with Gasteiger partial charge in [0.1, 0.15) is 43.2 Å². The largest absolute Gasteiger partial charge is 0.472 e. The van der Waals surface area contributed by atoms with E-state index in [1.54, 1.807) is 42.5 Å². The van der Waals surface area contributed by atoms with Gasteiger partial charge < -0.3 is 50.1 Å². The van der Waals surface area contributed by atoms with Gasteiger partial charge in [-0.1, -0.05) is 136 Å². The fourth-order valence-electron chi connectivity index (χ4n) is 6.02. The minimum Gasteiger partial charge on any atom is -0.462 e. The van der Waals surface area contributed by atoms with Crippen molar-refractivity contribution in [2.75, 3.05) is 13.2 Å². The third kappa shape index (κ3) is 30.4. The number of ether oxygens (including phenoxy) is 2. The zero-order valence-corrected chi connectivity index (χ0v) is 39.1. The van der Waals surface area contributed by atoms with Gasteiger partial charge in [0.25, 0.3) is 0 Å². The molecule has 8 N–H and O–H groups in total. The van der Waals surface area contributed by atoms with E-state index in [2.05, 4.69) is 37.3 Å². The van der Waals surface area contributed by atoms with Gasteiger partial charge in [0.15, 0.2) is 6.10 Å². The van der Waals surface area contributed by atoms with E-state index in [0.29, 0.717) is 25.7 Å². The van der Waals surface area contributed by atoms with Crippen LogP contribution >= 0.6 is 7.82 Å². The topological polar surface area (TPSA) is 250 Å². The summed E-state index contributed by atoms with van der Waals surface area (Å²) >= 11 is 0. The predicted octanol–water partition coefficient (Wildman–Crippen LogP) is 6.77. The van der Waals surface area contributed by atoms with Gasteiger partial charge >= 0.3 is 19.8 Å². The predicted molar refractivity (Wildman–Crippen MR) is 251 cm³/mol. The number of allylic oxidation sites excluding steroid dienone is 14. The van der Waals surface area contributed by atoms with Crippen LogP contribution in [-0.2, 0) is 32.7 Å². The second-order valence-corrected chi connectivity index (χ2v) is 17.0. The van der Waals surface area contributed by atoms with Gasteiger partial charge in [-0.05, 0) is 77.0 Å². The quantitative estimate of drug-likeness (QED) is 0.0107. The van der Waals surface area contributed by atoms with Crippen LogP contribution in [0.2, 0.25) is 0 Å². The van der Waals surface area contributed by atoms with Crippen molar-refractivity contribution in [1.29, 1.82) is 0 Å². The Labute approximate surface area is 386 Å². The maximum atomic E-state index is 12.8. The van der Waals surface area contributed by atoms with Crippen molar-refractivity contribution in [2.45, 2.75) is 172 Å². The van der Waals surface area contributed by atoms with Crippen LogP contribution in [0, 0.1) is 0 Å². The van der Waals surface area contributed by atoms with Crippen LogP contribution in [0.3, 0.4) is 0 Å². The first-order valence-electron chi connectivity index (χ1n) is 22.9. The molecule has 10 atom stereocenters. The lowest BCUT2D eigenvalue weighted by Gasteiger charge is -2.41. The molecule has 1 fully saturated rings. The maximum absolute atomic E-state index is 12.8. The molecule has 0 radical (unpaired) electrons. The van der Waals surface area contributed by atoms with Gasteiger partial charge in [-0.25, -0.2) is 4.57 Å². The summed E-state index contributed by atoms with van der Waals surface area (Å²) in [7, 11) is -5.18. The van der Waals surface area contributed by atoms with Crippen molar-refractivity contribution in [3.63, 3.8) is 0 Å². The number of rotatable bonds is 35. The number of esters is 2. The van der Waals surface area contributed by atoms with Gasteiger partial charge in [-0.3, -0.25) is 18.6 Å². The zero-order valence-electron chi connectivity index (χ0n) is 38.2. The van der Waals surface area contributed by atoms with Crippen molar-refractivity contribution in [3.05, 3.63) is 109 Å². The summed E-state index contributed by atoms with van der Waals surface area (Å²) in [6.07, 6.45) is 30.7. The number of aliphatic hydroxyl groups is 7. The highest BCUT2D eigenvalue weighted by Crippen LogP contribution is 2.47. The molecule has 0 aromatic heterocycles. The molecule has 65 heavy (non-hydrogen) atoms. The average Bonchev–Trinajstić information content (AvgIpc) is 3.28. The molecule has 3 unspecified atom stereocenters. The molecule has 0 aliphatic heterocycles. The molecule has 0 saturated heterocycles. The number of phosphoric ester groups is 1. The summed E-state index contributed by atoms with van der Waals surface area (Å²) in [5.74, 6) is -1.33. The standard InChI is InChI=1S/C49H77O15P/c1-3-5-7-8-9-10-11-12-13-14-15-16-17-21-29-35-42(52)61-37-41(38-62-65(59,60)64-49-47(57)45(55)44(54)46(56)48(49)58)63-43(53)36-30-22-19-18-20-26-32-40(51)34-28-24-23-27-33-39(50)31-25-6-4-2/h6,9-10,12-13,15-16,19-20,22-28,33-34,39-41,44-51,54-58H,3-5,7-8,11,14,17-18,21,29-32,35-38H2,1-2H3,(H,59,60)/b10-9-,13-12-,16-15-,22-19-,24-23-,25-6-,26-20-,33-27+,34-28+/t39-,40+,41+,44?,45-,46+,47+,48+,49?/m0/s1. The molecule has 0 bridgehead atoms. The highest BCUT2D eigenvalue weighted by atomic mass is 31.2. The summed E-state index contributed by atoms with van der Waals surface area (Å²) in [6.45, 7) is 2.88. The summed E-state index contributed by atoms with van der Waals surface area (Å²) in [5.41, 5.74) is 0. The molecule has 0 amide bonds. The van der Waals surface area contributed by atoms with E-state index in [4.69, 9.17) is 18.5 Å². The van der Waals surface area contributed by atoms with Crippen molar-refractivity contribution in [3.8, 4) is 0 Å². The molecule has 15 nitrogen and oxygen atoms in total. The number of carbonyl (C=O) groups excluding carboxylic acids is 2. The molecule has 1 aliphatic rings. The molecule has 1 saturated carbocycles. The molecule has 0 aromatic carbocycles. The third-order valence-corrected chi connectivity index (χ3v) is 10.8. The van der Waals surface area contributed by atoms with Crippen molar-refractivity contribution < 1.29 is 73.3 Å². The zero-order chi connectivity index (χ0) is 48.1. The van der Waals surface area contributed by atoms with Gasteiger partial charge in [0, 0.05) is 12.8 Å². The van der Waals surface area contributed by atoms with E-state index in [1.165, 1.54) is 19.3 Å². The lowest BCUT2D eigenvalue weighted by Crippen LogP contribution is -2.64. The molecule has 0 aromatic rings. The number of hydrogen-bond acceptors (Lipinski definition) is 14. The van der Waals surface area contributed by atoms with E-state index in [9.17, 15) is 54.8 Å². The fourth-order valence-corrected chi connectivity index (χ4v) is 6.99. The number of phosphoric acid groups is 1. The molecular formula is C49H77O15P. The second kappa shape index (κ2) is 37.5.